The lowest BCUT2D eigenvalue weighted by Gasteiger charge is -2.49. The Kier molecular flexibility index (Phi) is 10.5. The maximum absolute atomic E-state index is 13.5. The van der Waals surface area contributed by atoms with Crippen molar-refractivity contribution in [3.8, 4) is 0 Å². The minimum Gasteiger partial charge on any atom is -0.427 e. The highest BCUT2D eigenvalue weighted by molar-refractivity contribution is 8.01. The van der Waals surface area contributed by atoms with Crippen LogP contribution in [-0.4, -0.2) is 92.0 Å². The van der Waals surface area contributed by atoms with Crippen LogP contribution in [0.1, 0.15) is 60.6 Å². The molecule has 16 heteroatoms. The molecule has 1 aromatic carbocycles. The van der Waals surface area contributed by atoms with Crippen LogP contribution in [0.5, 0.6) is 0 Å². The number of hydrogen-bond donors (Lipinski definition) is 3. The van der Waals surface area contributed by atoms with Crippen molar-refractivity contribution in [3.63, 3.8) is 0 Å². The number of ether oxygens (including phenoxy) is 2. The average molecular weight is 690 g/mol. The number of rotatable bonds is 11. The number of esters is 2. The van der Waals surface area contributed by atoms with E-state index in [0.29, 0.717) is 27.8 Å². The molecule has 246 valence electrons. The van der Waals surface area contributed by atoms with Gasteiger partial charge in [0, 0.05) is 22.6 Å². The molecular weight excluding hydrogens is 655 g/mol. The number of fused-ring (bicyclic) bond motifs is 1. The van der Waals surface area contributed by atoms with Gasteiger partial charge in [0.25, 0.3) is 11.8 Å². The molecule has 0 radical (unpaired) electrons. The van der Waals surface area contributed by atoms with E-state index in [1.807, 2.05) is 6.92 Å². The van der Waals surface area contributed by atoms with E-state index in [1.165, 1.54) is 45.8 Å². The SMILES string of the molecule is Cc1nnc(SCC2=C(C(=O)OCOC(=O)C(C)(C)C)N3C(=O)C(NC(=O)C(O)c4ccccc4C(=O)[C@@H]4CCCN4)[C@@H]3SC2)s1. The van der Waals surface area contributed by atoms with Crippen molar-refractivity contribution in [2.24, 2.45) is 5.41 Å². The van der Waals surface area contributed by atoms with Gasteiger partial charge in [0.2, 0.25) is 6.79 Å². The number of nitrogens with zero attached hydrogens (tertiary/aromatic N) is 3. The fourth-order valence-corrected chi connectivity index (χ4v) is 8.42. The van der Waals surface area contributed by atoms with Gasteiger partial charge in [-0.05, 0) is 52.7 Å². The van der Waals surface area contributed by atoms with E-state index < -0.39 is 53.5 Å². The van der Waals surface area contributed by atoms with Gasteiger partial charge in [-0.3, -0.25) is 24.1 Å². The molecule has 2 unspecified atom stereocenters. The molecule has 2 saturated heterocycles. The number of aliphatic hydroxyl groups excluding tert-OH is 1. The molecule has 0 aliphatic carbocycles. The number of aryl methyl sites for hydroxylation is 1. The van der Waals surface area contributed by atoms with Crippen LogP contribution in [0.25, 0.3) is 0 Å². The summed E-state index contributed by atoms with van der Waals surface area (Å²) >= 11 is 4.11. The minimum atomic E-state index is -1.70. The summed E-state index contributed by atoms with van der Waals surface area (Å²) in [4.78, 5) is 66.6. The van der Waals surface area contributed by atoms with Crippen LogP contribution in [-0.2, 0) is 28.7 Å². The molecule has 0 bridgehead atoms. The van der Waals surface area contributed by atoms with E-state index in [1.54, 1.807) is 39.0 Å². The summed E-state index contributed by atoms with van der Waals surface area (Å²) in [5.74, 6) is -2.35. The second-order valence-corrected chi connectivity index (χ2v) is 15.5. The van der Waals surface area contributed by atoms with Crippen LogP contribution in [0, 0.1) is 12.3 Å². The lowest BCUT2D eigenvalue weighted by molar-refractivity contribution is -0.173. The summed E-state index contributed by atoms with van der Waals surface area (Å²) in [6.07, 6.45) is -0.175. The molecular formula is C30H35N5O8S3. The number of ketones is 1. The van der Waals surface area contributed by atoms with Gasteiger partial charge in [0.05, 0.1) is 11.5 Å². The number of nitrogens with one attached hydrogen (secondary N) is 2. The van der Waals surface area contributed by atoms with Crippen LogP contribution in [0.15, 0.2) is 39.9 Å². The van der Waals surface area contributed by atoms with Gasteiger partial charge in [0.15, 0.2) is 16.2 Å². The van der Waals surface area contributed by atoms with E-state index in [2.05, 4.69) is 20.8 Å². The first-order valence-corrected chi connectivity index (χ1v) is 17.5. The molecule has 4 atom stereocenters. The Morgan fingerprint density at radius 2 is 1.96 bits per heavy atom. The minimum absolute atomic E-state index is 0.0142. The Balaban J connectivity index is 1.30. The van der Waals surface area contributed by atoms with Crippen LogP contribution in [0.3, 0.4) is 0 Å². The molecule has 0 saturated carbocycles. The highest BCUT2D eigenvalue weighted by atomic mass is 32.2. The van der Waals surface area contributed by atoms with Gasteiger partial charge in [-0.1, -0.05) is 47.4 Å². The van der Waals surface area contributed by atoms with E-state index in [0.717, 1.165) is 18.0 Å². The van der Waals surface area contributed by atoms with Gasteiger partial charge in [-0.15, -0.1) is 22.0 Å². The summed E-state index contributed by atoms with van der Waals surface area (Å²) in [5, 5.41) is 25.0. The second kappa shape index (κ2) is 14.2. The third-order valence-electron chi connectivity index (χ3n) is 7.55. The fraction of sp³-hybridized carbons (Fsp3) is 0.500. The summed E-state index contributed by atoms with van der Waals surface area (Å²) < 4.78 is 11.1. The number of benzene rings is 1. The van der Waals surface area contributed by atoms with Crippen LogP contribution in [0.4, 0.5) is 0 Å². The van der Waals surface area contributed by atoms with Crippen LogP contribution >= 0.6 is 34.9 Å². The Bertz CT molecular complexity index is 1570. The first-order valence-electron chi connectivity index (χ1n) is 14.7. The third-order valence-corrected chi connectivity index (χ3v) is 11.0. The molecule has 3 aliphatic rings. The highest BCUT2D eigenvalue weighted by Crippen LogP contribution is 2.42. The lowest BCUT2D eigenvalue weighted by atomic mass is 9.94. The van der Waals surface area contributed by atoms with Gasteiger partial charge >= 0.3 is 11.9 Å². The van der Waals surface area contributed by atoms with Crippen molar-refractivity contribution in [2.75, 3.05) is 24.8 Å². The van der Waals surface area contributed by atoms with E-state index >= 15 is 0 Å². The van der Waals surface area contributed by atoms with Crippen molar-refractivity contribution in [2.45, 2.75) is 68.4 Å². The molecule has 5 rings (SSSR count). The van der Waals surface area contributed by atoms with Gasteiger partial charge in [-0.2, -0.15) is 0 Å². The molecule has 2 fully saturated rings. The number of Topliss-reactive ketones (excluding diaryl/α,β-unsaturated/α-hetero) is 1. The summed E-state index contributed by atoms with van der Waals surface area (Å²) in [7, 11) is 0. The Morgan fingerprint density at radius 1 is 1.20 bits per heavy atom. The molecule has 2 aromatic rings. The molecule has 3 N–H and O–H groups in total. The largest absolute Gasteiger partial charge is 0.427 e. The number of aliphatic hydroxyl groups is 1. The molecule has 13 nitrogen and oxygen atoms in total. The normalized spacial score (nSPS) is 21.7. The Morgan fingerprint density at radius 3 is 2.63 bits per heavy atom. The Hall–Kier alpha value is -3.31. The van der Waals surface area contributed by atoms with Crippen molar-refractivity contribution in [1.29, 1.82) is 0 Å². The topological polar surface area (TPSA) is 177 Å². The third kappa shape index (κ3) is 7.30. The highest BCUT2D eigenvalue weighted by Gasteiger charge is 2.55. The predicted molar refractivity (Wildman–Crippen MR) is 171 cm³/mol. The fourth-order valence-electron chi connectivity index (χ4n) is 5.12. The molecule has 4 heterocycles. The Labute approximate surface area is 278 Å². The maximum atomic E-state index is 13.5. The van der Waals surface area contributed by atoms with Crippen molar-refractivity contribution in [1.82, 2.24) is 25.7 Å². The molecule has 0 spiro atoms. The van der Waals surface area contributed by atoms with Gasteiger partial charge in [-0.25, -0.2) is 4.79 Å². The van der Waals surface area contributed by atoms with Gasteiger partial charge < -0.3 is 25.2 Å². The standard InChI is InChI=1S/C30H35N5O8S3/c1-15-33-34-29(46-15)45-13-16-12-44-26-20(25(39)35(26)21(16)27(40)42-14-43-28(41)30(2,3)4)32-24(38)23(37)18-9-6-5-8-17(18)22(36)19-10-7-11-31-19/h5-6,8-9,19-20,23,26,31,37H,7,10-14H2,1-4H3,(H,32,38)/t19-,20?,23?,26-/m0/s1. The molecule has 1 aromatic heterocycles. The number of hydrogen-bond acceptors (Lipinski definition) is 14. The second-order valence-electron chi connectivity index (χ2n) is 12.0. The van der Waals surface area contributed by atoms with Crippen molar-refractivity contribution < 1.29 is 38.6 Å². The zero-order valence-electron chi connectivity index (χ0n) is 25.7. The van der Waals surface area contributed by atoms with E-state index in [4.69, 9.17) is 9.47 Å². The summed E-state index contributed by atoms with van der Waals surface area (Å²) in [6.45, 7) is 6.92. The smallest absolute Gasteiger partial charge is 0.357 e. The van der Waals surface area contributed by atoms with E-state index in [9.17, 15) is 29.1 Å². The molecule has 2 amide bonds. The van der Waals surface area contributed by atoms with Crippen molar-refractivity contribution >= 4 is 64.4 Å². The molecule has 46 heavy (non-hydrogen) atoms. The van der Waals surface area contributed by atoms with E-state index in [-0.39, 0.29) is 28.6 Å². The zero-order valence-corrected chi connectivity index (χ0v) is 28.2. The van der Waals surface area contributed by atoms with Crippen LogP contribution in [0.2, 0.25) is 0 Å². The van der Waals surface area contributed by atoms with Crippen molar-refractivity contribution in [3.05, 3.63) is 51.7 Å². The number of β-lactam (4-membered cyclic amide) rings is 1. The lowest BCUT2D eigenvalue weighted by Crippen LogP contribution is -2.71. The number of thioether (sulfide) groups is 2. The maximum Gasteiger partial charge on any atom is 0.357 e. The summed E-state index contributed by atoms with van der Waals surface area (Å²) in [6, 6.07) is 4.97. The first kappa shape index (κ1) is 34.0. The monoisotopic (exact) mass is 689 g/mol. The number of carbonyl (C=O) groups is 5. The number of amides is 2. The summed E-state index contributed by atoms with van der Waals surface area (Å²) in [5.41, 5.74) is 0.215. The number of carbonyl (C=O) groups excluding carboxylic acids is 5. The zero-order chi connectivity index (χ0) is 33.2. The first-order chi connectivity index (χ1) is 21.9. The quantitative estimate of drug-likeness (QED) is 0.103. The van der Waals surface area contributed by atoms with Gasteiger partial charge in [0.1, 0.15) is 22.1 Å². The predicted octanol–water partition coefficient (Wildman–Crippen LogP) is 2.35. The molecule has 3 aliphatic heterocycles. The number of aromatic nitrogens is 2. The van der Waals surface area contributed by atoms with Crippen LogP contribution < -0.4 is 10.6 Å². The average Bonchev–Trinajstić information content (AvgIpc) is 3.73.